The predicted molar refractivity (Wildman–Crippen MR) is 81.7 cm³/mol. The average Bonchev–Trinajstić information content (AvgIpc) is 2.55. The highest BCUT2D eigenvalue weighted by atomic mass is 16.5. The Balaban J connectivity index is 2.02. The largest absolute Gasteiger partial charge is 0.481 e. The molecule has 1 unspecified atom stereocenters. The van der Waals surface area contributed by atoms with Crippen LogP contribution in [-0.4, -0.2) is 18.3 Å². The molecule has 0 aliphatic rings. The number of nitrogens with zero attached hydrogens (tertiary/aromatic N) is 1. The highest BCUT2D eigenvalue weighted by Gasteiger charge is 2.15. The molecule has 0 radical (unpaired) electrons. The van der Waals surface area contributed by atoms with E-state index in [9.17, 15) is 9.59 Å². The van der Waals surface area contributed by atoms with Gasteiger partial charge in [0.05, 0.1) is 11.6 Å². The molecule has 1 atom stereocenters. The smallest absolute Gasteiger partial charge is 0.265 e. The van der Waals surface area contributed by atoms with Gasteiger partial charge >= 0.3 is 0 Å². The van der Waals surface area contributed by atoms with Crippen LogP contribution in [0.3, 0.4) is 0 Å². The molecule has 0 saturated heterocycles. The summed E-state index contributed by atoms with van der Waals surface area (Å²) in [6, 6.07) is 15.2. The standard InChI is InChI=1S/C17H14N2O3/c1-12(22-16-7-3-5-14(9-16)11-20)17(21)19-15-6-2-4-13(8-15)10-18/h2-9,11-12H,1H3,(H,19,21). The molecular weight excluding hydrogens is 280 g/mol. The molecule has 1 N–H and O–H groups in total. The molecule has 0 aromatic heterocycles. The molecule has 0 saturated carbocycles. The van der Waals surface area contributed by atoms with Crippen molar-refractivity contribution in [1.82, 2.24) is 0 Å². The summed E-state index contributed by atoms with van der Waals surface area (Å²) in [6.45, 7) is 1.61. The van der Waals surface area contributed by atoms with E-state index in [4.69, 9.17) is 10.00 Å². The molecule has 2 aromatic rings. The minimum atomic E-state index is -0.743. The number of aldehydes is 1. The molecule has 0 aliphatic heterocycles. The van der Waals surface area contributed by atoms with E-state index in [-0.39, 0.29) is 5.91 Å². The van der Waals surface area contributed by atoms with E-state index in [1.54, 1.807) is 55.5 Å². The van der Waals surface area contributed by atoms with E-state index in [1.165, 1.54) is 0 Å². The third-order valence-corrected chi connectivity index (χ3v) is 2.94. The molecule has 2 aromatic carbocycles. The first-order valence-electron chi connectivity index (χ1n) is 6.65. The van der Waals surface area contributed by atoms with Gasteiger partial charge in [0.2, 0.25) is 0 Å². The van der Waals surface area contributed by atoms with Crippen molar-refractivity contribution in [2.24, 2.45) is 0 Å². The summed E-state index contributed by atoms with van der Waals surface area (Å²) >= 11 is 0. The first-order chi connectivity index (χ1) is 10.6. The molecule has 0 bridgehead atoms. The molecule has 5 heteroatoms. The first kappa shape index (κ1) is 15.3. The number of benzene rings is 2. The average molecular weight is 294 g/mol. The van der Waals surface area contributed by atoms with Crippen LogP contribution in [0.2, 0.25) is 0 Å². The Labute approximate surface area is 128 Å². The quantitative estimate of drug-likeness (QED) is 0.860. The maximum Gasteiger partial charge on any atom is 0.265 e. The summed E-state index contributed by atoms with van der Waals surface area (Å²) < 4.78 is 5.51. The fraction of sp³-hybridized carbons (Fsp3) is 0.118. The Bertz CT molecular complexity index is 735. The molecule has 2 rings (SSSR count). The Hall–Kier alpha value is -3.13. The van der Waals surface area contributed by atoms with Crippen LogP contribution in [0.1, 0.15) is 22.8 Å². The van der Waals surface area contributed by atoms with Gasteiger partial charge in [-0.05, 0) is 37.3 Å². The van der Waals surface area contributed by atoms with Gasteiger partial charge in [0.1, 0.15) is 12.0 Å². The summed E-state index contributed by atoms with van der Waals surface area (Å²) in [4.78, 5) is 22.8. The van der Waals surface area contributed by atoms with Crippen molar-refractivity contribution in [3.05, 3.63) is 59.7 Å². The topological polar surface area (TPSA) is 79.2 Å². The second-order valence-electron chi connectivity index (χ2n) is 4.63. The molecule has 0 spiro atoms. The normalized spacial score (nSPS) is 11.1. The van der Waals surface area contributed by atoms with Gasteiger partial charge in [0.25, 0.3) is 5.91 Å². The summed E-state index contributed by atoms with van der Waals surface area (Å²) in [6.07, 6.45) is -0.0296. The number of carbonyl (C=O) groups excluding carboxylic acids is 2. The van der Waals surface area contributed by atoms with Crippen molar-refractivity contribution in [3.63, 3.8) is 0 Å². The van der Waals surface area contributed by atoms with E-state index in [0.717, 1.165) is 0 Å². The Morgan fingerprint density at radius 2 is 2.05 bits per heavy atom. The number of carbonyl (C=O) groups is 2. The number of nitrogens with one attached hydrogen (secondary N) is 1. The maximum absolute atomic E-state index is 12.1. The van der Waals surface area contributed by atoms with E-state index in [0.29, 0.717) is 28.8 Å². The molecule has 0 fully saturated rings. The van der Waals surface area contributed by atoms with Gasteiger partial charge in [0.15, 0.2) is 6.10 Å². The predicted octanol–water partition coefficient (Wildman–Crippen LogP) is 2.78. The van der Waals surface area contributed by atoms with Gasteiger partial charge in [-0.1, -0.05) is 18.2 Å². The van der Waals surface area contributed by atoms with E-state index in [2.05, 4.69) is 5.32 Å². The fourth-order valence-electron chi connectivity index (χ4n) is 1.83. The number of anilines is 1. The zero-order valence-corrected chi connectivity index (χ0v) is 11.9. The Kier molecular flexibility index (Phi) is 4.89. The van der Waals surface area contributed by atoms with Crippen molar-refractivity contribution < 1.29 is 14.3 Å². The van der Waals surface area contributed by atoms with Crippen molar-refractivity contribution in [3.8, 4) is 11.8 Å². The SMILES string of the molecule is CC(Oc1cccc(C=O)c1)C(=O)Nc1cccc(C#N)c1. The van der Waals surface area contributed by atoms with Gasteiger partial charge in [0, 0.05) is 11.3 Å². The maximum atomic E-state index is 12.1. The third kappa shape index (κ3) is 3.93. The zero-order valence-electron chi connectivity index (χ0n) is 11.9. The second kappa shape index (κ2) is 7.04. The van der Waals surface area contributed by atoms with Crippen molar-refractivity contribution in [2.75, 3.05) is 5.32 Å². The van der Waals surface area contributed by atoms with Gasteiger partial charge in [-0.15, -0.1) is 0 Å². The van der Waals surface area contributed by atoms with E-state index < -0.39 is 6.10 Å². The lowest BCUT2D eigenvalue weighted by Crippen LogP contribution is -2.30. The third-order valence-electron chi connectivity index (χ3n) is 2.94. The van der Waals surface area contributed by atoms with Crippen LogP contribution in [0.15, 0.2) is 48.5 Å². The Morgan fingerprint density at radius 1 is 1.27 bits per heavy atom. The lowest BCUT2D eigenvalue weighted by atomic mass is 10.2. The molecule has 0 aliphatic carbocycles. The van der Waals surface area contributed by atoms with Crippen LogP contribution in [0.5, 0.6) is 5.75 Å². The van der Waals surface area contributed by atoms with Crippen molar-refractivity contribution in [1.29, 1.82) is 5.26 Å². The fourth-order valence-corrected chi connectivity index (χ4v) is 1.83. The molecule has 5 nitrogen and oxygen atoms in total. The Morgan fingerprint density at radius 3 is 2.77 bits per heavy atom. The van der Waals surface area contributed by atoms with Crippen molar-refractivity contribution in [2.45, 2.75) is 13.0 Å². The minimum absolute atomic E-state index is 0.341. The van der Waals surface area contributed by atoms with E-state index >= 15 is 0 Å². The number of rotatable bonds is 5. The molecule has 22 heavy (non-hydrogen) atoms. The van der Waals surface area contributed by atoms with Gasteiger partial charge < -0.3 is 10.1 Å². The molecule has 0 heterocycles. The van der Waals surface area contributed by atoms with Gasteiger partial charge in [-0.2, -0.15) is 5.26 Å². The van der Waals surface area contributed by atoms with Crippen LogP contribution >= 0.6 is 0 Å². The summed E-state index contributed by atoms with van der Waals surface area (Å²) in [5, 5.41) is 11.5. The van der Waals surface area contributed by atoms with Gasteiger partial charge in [-0.25, -0.2) is 0 Å². The first-order valence-corrected chi connectivity index (χ1v) is 6.65. The minimum Gasteiger partial charge on any atom is -0.481 e. The lowest BCUT2D eigenvalue weighted by Gasteiger charge is -2.15. The number of hydrogen-bond acceptors (Lipinski definition) is 4. The highest BCUT2D eigenvalue weighted by molar-refractivity contribution is 5.94. The van der Waals surface area contributed by atoms with Crippen molar-refractivity contribution >= 4 is 17.9 Å². The summed E-state index contributed by atoms with van der Waals surface area (Å²) in [5.74, 6) is 0.102. The zero-order chi connectivity index (χ0) is 15.9. The van der Waals surface area contributed by atoms with Crippen LogP contribution in [0.25, 0.3) is 0 Å². The second-order valence-corrected chi connectivity index (χ2v) is 4.63. The summed E-state index contributed by atoms with van der Waals surface area (Å²) in [7, 11) is 0. The van der Waals surface area contributed by atoms with E-state index in [1.807, 2.05) is 6.07 Å². The lowest BCUT2D eigenvalue weighted by molar-refractivity contribution is -0.122. The number of ether oxygens (including phenoxy) is 1. The van der Waals surface area contributed by atoms with Crippen LogP contribution in [-0.2, 0) is 4.79 Å². The highest BCUT2D eigenvalue weighted by Crippen LogP contribution is 2.15. The monoisotopic (exact) mass is 294 g/mol. The van der Waals surface area contributed by atoms with Crippen LogP contribution < -0.4 is 10.1 Å². The summed E-state index contributed by atoms with van der Waals surface area (Å²) in [5.41, 5.74) is 1.47. The molecule has 110 valence electrons. The molecule has 1 amide bonds. The number of nitriles is 1. The number of amides is 1. The number of hydrogen-bond donors (Lipinski definition) is 1. The molecular formula is C17H14N2O3. The van der Waals surface area contributed by atoms with Crippen LogP contribution in [0.4, 0.5) is 5.69 Å². The van der Waals surface area contributed by atoms with Crippen LogP contribution in [0, 0.1) is 11.3 Å². The van der Waals surface area contributed by atoms with Gasteiger partial charge in [-0.3, -0.25) is 9.59 Å².